The Hall–Kier alpha value is -2.82. The summed E-state index contributed by atoms with van der Waals surface area (Å²) in [5.41, 5.74) is 2.14. The average molecular weight is 564 g/mol. The van der Waals surface area contributed by atoms with Crippen molar-refractivity contribution in [2.75, 3.05) is 19.8 Å². The molecule has 0 saturated carbocycles. The van der Waals surface area contributed by atoms with Gasteiger partial charge in [-0.25, -0.2) is 14.7 Å². The van der Waals surface area contributed by atoms with Gasteiger partial charge in [0.15, 0.2) is 23.3 Å². The van der Waals surface area contributed by atoms with Crippen LogP contribution in [0.5, 0.6) is 11.5 Å². The quantitative estimate of drug-likeness (QED) is 0.214. The summed E-state index contributed by atoms with van der Waals surface area (Å²) < 4.78 is 13.2. The number of rotatable bonds is 10. The SMILES string of the molecule is CCNC(=NCc1ccnc(-n2cccn2)c1)NC(C)c1ccc(OCC)c(OCC)c1.I. The van der Waals surface area contributed by atoms with Gasteiger partial charge in [-0.1, -0.05) is 6.07 Å². The van der Waals surface area contributed by atoms with E-state index in [4.69, 9.17) is 14.5 Å². The fourth-order valence-electron chi connectivity index (χ4n) is 3.20. The first kappa shape index (κ1) is 26.4. The van der Waals surface area contributed by atoms with E-state index in [-0.39, 0.29) is 30.0 Å². The maximum atomic E-state index is 5.77. The molecule has 0 fully saturated rings. The number of nitrogens with zero attached hydrogens (tertiary/aromatic N) is 4. The Morgan fingerprint density at radius 2 is 1.85 bits per heavy atom. The minimum atomic E-state index is 0. The molecule has 0 amide bonds. The van der Waals surface area contributed by atoms with Crippen molar-refractivity contribution >= 4 is 29.9 Å². The number of halogens is 1. The first-order valence-electron chi connectivity index (χ1n) is 11.0. The maximum Gasteiger partial charge on any atom is 0.192 e. The molecule has 3 rings (SSSR count). The summed E-state index contributed by atoms with van der Waals surface area (Å²) in [6.45, 7) is 10.6. The number of benzene rings is 1. The van der Waals surface area contributed by atoms with Gasteiger partial charge in [0.2, 0.25) is 0 Å². The molecule has 8 nitrogen and oxygen atoms in total. The number of pyridine rings is 1. The molecule has 33 heavy (non-hydrogen) atoms. The Balaban J connectivity index is 0.00000385. The largest absolute Gasteiger partial charge is 0.490 e. The molecule has 1 atom stereocenters. The van der Waals surface area contributed by atoms with E-state index in [0.29, 0.717) is 19.8 Å². The molecule has 0 bridgehead atoms. The zero-order valence-electron chi connectivity index (χ0n) is 19.6. The van der Waals surface area contributed by atoms with Crippen LogP contribution in [0, 0.1) is 0 Å². The van der Waals surface area contributed by atoms with Crippen molar-refractivity contribution in [3.05, 3.63) is 66.1 Å². The van der Waals surface area contributed by atoms with Crippen LogP contribution in [0.1, 0.15) is 44.9 Å². The number of aliphatic imine (C=N–C) groups is 1. The Bertz CT molecular complexity index is 1010. The molecule has 9 heteroatoms. The van der Waals surface area contributed by atoms with E-state index in [2.05, 4.69) is 27.6 Å². The molecule has 0 saturated heterocycles. The van der Waals surface area contributed by atoms with Crippen molar-refractivity contribution in [1.29, 1.82) is 0 Å². The second-order valence-electron chi connectivity index (χ2n) is 7.11. The van der Waals surface area contributed by atoms with Crippen molar-refractivity contribution in [3.63, 3.8) is 0 Å². The second kappa shape index (κ2) is 13.7. The van der Waals surface area contributed by atoms with Gasteiger partial charge >= 0.3 is 0 Å². The second-order valence-corrected chi connectivity index (χ2v) is 7.11. The molecule has 0 aliphatic carbocycles. The maximum absolute atomic E-state index is 5.77. The van der Waals surface area contributed by atoms with Crippen LogP contribution in [0.3, 0.4) is 0 Å². The van der Waals surface area contributed by atoms with Gasteiger partial charge in [-0.15, -0.1) is 24.0 Å². The molecule has 1 unspecified atom stereocenters. The average Bonchev–Trinajstić information content (AvgIpc) is 3.34. The van der Waals surface area contributed by atoms with Crippen molar-refractivity contribution in [1.82, 2.24) is 25.4 Å². The zero-order chi connectivity index (χ0) is 22.8. The van der Waals surface area contributed by atoms with Gasteiger partial charge in [-0.2, -0.15) is 5.10 Å². The third-order valence-corrected chi connectivity index (χ3v) is 4.73. The van der Waals surface area contributed by atoms with Crippen molar-refractivity contribution < 1.29 is 9.47 Å². The zero-order valence-corrected chi connectivity index (χ0v) is 21.9. The van der Waals surface area contributed by atoms with Gasteiger partial charge in [-0.05, 0) is 69.2 Å². The molecular weight excluding hydrogens is 531 g/mol. The summed E-state index contributed by atoms with van der Waals surface area (Å²) in [4.78, 5) is 9.13. The highest BCUT2D eigenvalue weighted by atomic mass is 127. The molecule has 2 N–H and O–H groups in total. The lowest BCUT2D eigenvalue weighted by atomic mass is 10.1. The summed E-state index contributed by atoms with van der Waals surface area (Å²) in [6.07, 6.45) is 5.38. The predicted molar refractivity (Wildman–Crippen MR) is 142 cm³/mol. The summed E-state index contributed by atoms with van der Waals surface area (Å²) >= 11 is 0. The highest BCUT2D eigenvalue weighted by Gasteiger charge is 2.12. The number of hydrogen-bond acceptors (Lipinski definition) is 5. The monoisotopic (exact) mass is 564 g/mol. The lowest BCUT2D eigenvalue weighted by Gasteiger charge is -2.20. The molecule has 2 heterocycles. The van der Waals surface area contributed by atoms with Gasteiger partial charge < -0.3 is 20.1 Å². The van der Waals surface area contributed by atoms with E-state index in [1.54, 1.807) is 17.1 Å². The molecule has 1 aromatic carbocycles. The molecule has 0 radical (unpaired) electrons. The molecule has 3 aromatic rings. The van der Waals surface area contributed by atoms with Gasteiger partial charge in [-0.3, -0.25) is 0 Å². The standard InChI is InChI=1S/C24H32N6O2.HI/c1-5-25-24(27-17-19-11-13-26-23(15-19)30-14-8-12-28-30)29-18(4)20-9-10-21(31-6-2)22(16-20)32-7-3;/h8-16,18H,5-7,17H2,1-4H3,(H2,25,27,29);1H. The fourth-order valence-corrected chi connectivity index (χ4v) is 3.20. The van der Waals surface area contributed by atoms with Crippen LogP contribution < -0.4 is 20.1 Å². The van der Waals surface area contributed by atoms with Crippen molar-refractivity contribution in [2.24, 2.45) is 4.99 Å². The molecule has 0 aliphatic heterocycles. The smallest absolute Gasteiger partial charge is 0.192 e. The fraction of sp³-hybridized carbons (Fsp3) is 0.375. The van der Waals surface area contributed by atoms with E-state index in [1.807, 2.05) is 63.4 Å². The number of aromatic nitrogens is 3. The normalized spacial score (nSPS) is 11.9. The number of nitrogens with one attached hydrogen (secondary N) is 2. The van der Waals surface area contributed by atoms with Crippen LogP contribution in [0.15, 0.2) is 60.0 Å². The van der Waals surface area contributed by atoms with Crippen LogP contribution in [0.25, 0.3) is 5.82 Å². The first-order valence-corrected chi connectivity index (χ1v) is 11.0. The highest BCUT2D eigenvalue weighted by molar-refractivity contribution is 14.0. The van der Waals surface area contributed by atoms with E-state index in [1.165, 1.54) is 0 Å². The summed E-state index contributed by atoms with van der Waals surface area (Å²) in [6, 6.07) is 11.9. The van der Waals surface area contributed by atoms with E-state index < -0.39 is 0 Å². The third-order valence-electron chi connectivity index (χ3n) is 4.73. The molecule has 178 valence electrons. The number of ether oxygens (including phenoxy) is 2. The topological polar surface area (TPSA) is 85.6 Å². The Morgan fingerprint density at radius 1 is 1.06 bits per heavy atom. The van der Waals surface area contributed by atoms with Crippen molar-refractivity contribution in [3.8, 4) is 17.3 Å². The van der Waals surface area contributed by atoms with E-state index >= 15 is 0 Å². The third kappa shape index (κ3) is 7.62. The molecule has 0 aliphatic rings. The van der Waals surface area contributed by atoms with E-state index in [9.17, 15) is 0 Å². The Labute approximate surface area is 212 Å². The lowest BCUT2D eigenvalue weighted by Crippen LogP contribution is -2.38. The highest BCUT2D eigenvalue weighted by Crippen LogP contribution is 2.30. The van der Waals surface area contributed by atoms with Crippen LogP contribution in [-0.2, 0) is 6.54 Å². The van der Waals surface area contributed by atoms with Crippen molar-refractivity contribution in [2.45, 2.75) is 40.3 Å². The number of hydrogen-bond donors (Lipinski definition) is 2. The van der Waals surface area contributed by atoms with Gasteiger partial charge in [0.1, 0.15) is 0 Å². The van der Waals surface area contributed by atoms with Crippen LogP contribution in [-0.4, -0.2) is 40.5 Å². The Morgan fingerprint density at radius 3 is 2.55 bits per heavy atom. The first-order chi connectivity index (χ1) is 15.6. The van der Waals surface area contributed by atoms with Crippen LogP contribution in [0.4, 0.5) is 0 Å². The predicted octanol–water partition coefficient (Wildman–Crippen LogP) is 4.50. The molecule has 2 aromatic heterocycles. The van der Waals surface area contributed by atoms with Gasteiger partial charge in [0.25, 0.3) is 0 Å². The van der Waals surface area contributed by atoms with Gasteiger partial charge in [0, 0.05) is 25.1 Å². The summed E-state index contributed by atoms with van der Waals surface area (Å²) in [5.74, 6) is 3.03. The minimum absolute atomic E-state index is 0. The van der Waals surface area contributed by atoms with Crippen LogP contribution in [0.2, 0.25) is 0 Å². The summed E-state index contributed by atoms with van der Waals surface area (Å²) in [7, 11) is 0. The molecular formula is C24H33IN6O2. The summed E-state index contributed by atoms with van der Waals surface area (Å²) in [5, 5.41) is 11.0. The van der Waals surface area contributed by atoms with Crippen LogP contribution >= 0.6 is 24.0 Å². The number of guanidine groups is 1. The Kier molecular flexibility index (Phi) is 10.9. The molecule has 0 spiro atoms. The minimum Gasteiger partial charge on any atom is -0.490 e. The van der Waals surface area contributed by atoms with Gasteiger partial charge in [0.05, 0.1) is 25.8 Å². The lowest BCUT2D eigenvalue weighted by molar-refractivity contribution is 0.287. The van der Waals surface area contributed by atoms with E-state index in [0.717, 1.165) is 40.9 Å².